The highest BCUT2D eigenvalue weighted by molar-refractivity contribution is 5.52. The molecule has 0 aromatic carbocycles. The molecule has 29 heavy (non-hydrogen) atoms. The summed E-state index contributed by atoms with van der Waals surface area (Å²) in [5.74, 6) is 1.98. The molecule has 1 aliphatic carbocycles. The van der Waals surface area contributed by atoms with Crippen molar-refractivity contribution in [2.75, 3.05) is 31.1 Å². The number of anilines is 1. The molecule has 6 heteroatoms. The molecule has 1 saturated heterocycles. The van der Waals surface area contributed by atoms with Gasteiger partial charge in [-0.05, 0) is 37.5 Å². The van der Waals surface area contributed by atoms with Crippen LogP contribution in [0.4, 0.5) is 5.82 Å². The van der Waals surface area contributed by atoms with Crippen molar-refractivity contribution in [1.82, 2.24) is 15.3 Å². The molecule has 2 aliphatic rings. The number of unbranched alkanes of at least 4 members (excludes halogenated alkanes) is 1. The normalized spacial score (nSPS) is 22.4. The Morgan fingerprint density at radius 3 is 3.07 bits per heavy atom. The van der Waals surface area contributed by atoms with Crippen molar-refractivity contribution in [2.45, 2.75) is 64.8 Å². The van der Waals surface area contributed by atoms with Gasteiger partial charge in [0.15, 0.2) is 0 Å². The minimum atomic E-state index is 0.183. The Morgan fingerprint density at radius 2 is 2.31 bits per heavy atom. The first-order chi connectivity index (χ1) is 14.1. The molecule has 0 amide bonds. The fourth-order valence-electron chi connectivity index (χ4n) is 4.24. The minimum absolute atomic E-state index is 0.183. The number of hydrogen-bond acceptors (Lipinski definition) is 6. The van der Waals surface area contributed by atoms with Crippen molar-refractivity contribution in [2.24, 2.45) is 11.8 Å². The Morgan fingerprint density at radius 1 is 1.45 bits per heavy atom. The summed E-state index contributed by atoms with van der Waals surface area (Å²) in [5.41, 5.74) is 2.37. The van der Waals surface area contributed by atoms with Crippen LogP contribution < -0.4 is 15.0 Å². The van der Waals surface area contributed by atoms with Crippen molar-refractivity contribution in [1.29, 1.82) is 5.26 Å². The van der Waals surface area contributed by atoms with E-state index < -0.39 is 0 Å². The van der Waals surface area contributed by atoms with E-state index in [0.29, 0.717) is 30.9 Å². The summed E-state index contributed by atoms with van der Waals surface area (Å²) in [6, 6.07) is 2.97. The monoisotopic (exact) mass is 397 g/mol. The van der Waals surface area contributed by atoms with E-state index in [1.165, 1.54) is 24.8 Å². The number of hydrogen-bond donors (Lipinski definition) is 1. The molecule has 1 aromatic rings. The standard InChI is InChI=1S/C23H35N5O/c1-4-6-7-17(3)16-29-23-26-21-14-18(5-2)8-9-20(21)22(27-23)28-13-12-25-19(15-28)10-11-24/h5,17-19,25H,2,4,6-10,12-16H2,1,3H3/t17-,18?,19-/m0/s1. The second-order valence-corrected chi connectivity index (χ2v) is 8.51. The predicted octanol–water partition coefficient (Wildman–Crippen LogP) is 3.66. The van der Waals surface area contributed by atoms with Gasteiger partial charge in [-0.25, -0.2) is 0 Å². The average molecular weight is 398 g/mol. The number of aromatic nitrogens is 2. The molecule has 1 N–H and O–H groups in total. The van der Waals surface area contributed by atoms with Gasteiger partial charge in [0.2, 0.25) is 0 Å². The van der Waals surface area contributed by atoms with Gasteiger partial charge in [-0.1, -0.05) is 32.8 Å². The lowest BCUT2D eigenvalue weighted by Gasteiger charge is -2.36. The number of nitrogens with zero attached hydrogens (tertiary/aromatic N) is 4. The number of fused-ring (bicyclic) bond motifs is 1. The van der Waals surface area contributed by atoms with E-state index in [4.69, 9.17) is 20.0 Å². The van der Waals surface area contributed by atoms with E-state index in [0.717, 1.165) is 50.4 Å². The van der Waals surface area contributed by atoms with Crippen molar-refractivity contribution < 1.29 is 4.74 Å². The Bertz CT molecular complexity index is 729. The second-order valence-electron chi connectivity index (χ2n) is 8.51. The number of nitrogens with one attached hydrogen (secondary N) is 1. The first-order valence-electron chi connectivity index (χ1n) is 11.1. The molecular formula is C23H35N5O. The summed E-state index contributed by atoms with van der Waals surface area (Å²) in [6.45, 7) is 11.6. The molecule has 1 aliphatic heterocycles. The fraction of sp³-hybridized carbons (Fsp3) is 0.696. The van der Waals surface area contributed by atoms with Crippen LogP contribution in [0.15, 0.2) is 12.7 Å². The molecular weight excluding hydrogens is 362 g/mol. The zero-order chi connectivity index (χ0) is 20.6. The summed E-state index contributed by atoms with van der Waals surface area (Å²) < 4.78 is 6.06. The van der Waals surface area contributed by atoms with Crippen LogP contribution in [0.3, 0.4) is 0 Å². The quantitative estimate of drug-likeness (QED) is 0.641. The van der Waals surface area contributed by atoms with Crippen LogP contribution in [-0.4, -0.2) is 42.3 Å². The van der Waals surface area contributed by atoms with Crippen LogP contribution in [0.5, 0.6) is 6.01 Å². The second kappa shape index (κ2) is 10.6. The molecule has 1 aromatic heterocycles. The summed E-state index contributed by atoms with van der Waals surface area (Å²) in [4.78, 5) is 12.0. The van der Waals surface area contributed by atoms with E-state index in [2.05, 4.69) is 36.7 Å². The number of ether oxygens (including phenoxy) is 1. The number of nitriles is 1. The zero-order valence-corrected chi connectivity index (χ0v) is 18.0. The van der Waals surface area contributed by atoms with Crippen LogP contribution in [0.1, 0.15) is 57.2 Å². The van der Waals surface area contributed by atoms with Crippen molar-refractivity contribution >= 4 is 5.82 Å². The van der Waals surface area contributed by atoms with Gasteiger partial charge in [-0.3, -0.25) is 0 Å². The molecule has 3 rings (SSSR count). The van der Waals surface area contributed by atoms with Gasteiger partial charge in [-0.15, -0.1) is 6.58 Å². The van der Waals surface area contributed by atoms with Crippen molar-refractivity contribution in [3.05, 3.63) is 23.9 Å². The van der Waals surface area contributed by atoms with Gasteiger partial charge in [0.25, 0.3) is 0 Å². The smallest absolute Gasteiger partial charge is 0.318 e. The minimum Gasteiger partial charge on any atom is -0.463 e. The molecule has 0 saturated carbocycles. The van der Waals surface area contributed by atoms with Gasteiger partial charge < -0.3 is 15.0 Å². The van der Waals surface area contributed by atoms with Crippen LogP contribution in [0, 0.1) is 23.2 Å². The number of rotatable bonds is 9. The third kappa shape index (κ3) is 5.70. The Hall–Kier alpha value is -2.13. The molecule has 2 heterocycles. The van der Waals surface area contributed by atoms with Crippen LogP contribution in [0.2, 0.25) is 0 Å². The third-order valence-corrected chi connectivity index (χ3v) is 6.04. The van der Waals surface area contributed by atoms with E-state index in [1.54, 1.807) is 0 Å². The largest absolute Gasteiger partial charge is 0.463 e. The lowest BCUT2D eigenvalue weighted by Crippen LogP contribution is -2.51. The maximum Gasteiger partial charge on any atom is 0.318 e. The van der Waals surface area contributed by atoms with Gasteiger partial charge in [0.1, 0.15) is 5.82 Å². The third-order valence-electron chi connectivity index (χ3n) is 6.04. The maximum atomic E-state index is 9.09. The summed E-state index contributed by atoms with van der Waals surface area (Å²) >= 11 is 0. The first kappa shape index (κ1) is 21.6. The highest BCUT2D eigenvalue weighted by Gasteiger charge is 2.28. The van der Waals surface area contributed by atoms with Crippen LogP contribution >= 0.6 is 0 Å². The molecule has 0 spiro atoms. The van der Waals surface area contributed by atoms with Crippen molar-refractivity contribution in [3.8, 4) is 12.1 Å². The molecule has 3 atom stereocenters. The van der Waals surface area contributed by atoms with E-state index >= 15 is 0 Å². The maximum absolute atomic E-state index is 9.09. The summed E-state index contributed by atoms with van der Waals surface area (Å²) in [5, 5.41) is 12.5. The topological polar surface area (TPSA) is 74.1 Å². The first-order valence-corrected chi connectivity index (χ1v) is 11.1. The highest BCUT2D eigenvalue weighted by atomic mass is 16.5. The van der Waals surface area contributed by atoms with Gasteiger partial charge >= 0.3 is 6.01 Å². The highest BCUT2D eigenvalue weighted by Crippen LogP contribution is 2.33. The predicted molar refractivity (Wildman–Crippen MR) is 116 cm³/mol. The van der Waals surface area contributed by atoms with Crippen LogP contribution in [-0.2, 0) is 12.8 Å². The van der Waals surface area contributed by atoms with Gasteiger partial charge in [0, 0.05) is 31.2 Å². The molecule has 158 valence electrons. The molecule has 0 bridgehead atoms. The van der Waals surface area contributed by atoms with Gasteiger partial charge in [0.05, 0.1) is 24.8 Å². The van der Waals surface area contributed by atoms with Gasteiger partial charge in [-0.2, -0.15) is 15.2 Å². The zero-order valence-electron chi connectivity index (χ0n) is 18.0. The molecule has 6 nitrogen and oxygen atoms in total. The average Bonchev–Trinajstić information content (AvgIpc) is 2.75. The van der Waals surface area contributed by atoms with E-state index in [-0.39, 0.29) is 6.04 Å². The molecule has 1 fully saturated rings. The SMILES string of the molecule is C=CC1CCc2c(nc(OC[C@@H](C)CCCC)nc2N2CCN[C@@H](CC#N)C2)C1. The Kier molecular flexibility index (Phi) is 7.88. The van der Waals surface area contributed by atoms with E-state index in [9.17, 15) is 0 Å². The van der Waals surface area contributed by atoms with Crippen LogP contribution in [0.25, 0.3) is 0 Å². The van der Waals surface area contributed by atoms with Crippen molar-refractivity contribution in [3.63, 3.8) is 0 Å². The summed E-state index contributed by atoms with van der Waals surface area (Å²) in [6.07, 6.45) is 9.13. The molecule has 0 radical (unpaired) electrons. The number of piperazine rings is 1. The number of allylic oxidation sites excluding steroid dienone is 1. The van der Waals surface area contributed by atoms with E-state index in [1.807, 2.05) is 6.08 Å². The Labute approximate surface area is 175 Å². The Balaban J connectivity index is 1.82. The fourth-order valence-corrected chi connectivity index (χ4v) is 4.24. The molecule has 1 unspecified atom stereocenters. The lowest BCUT2D eigenvalue weighted by atomic mass is 9.87. The summed E-state index contributed by atoms with van der Waals surface area (Å²) in [7, 11) is 0. The lowest BCUT2D eigenvalue weighted by molar-refractivity contribution is 0.231.